The Labute approximate surface area is 100 Å². The van der Waals surface area contributed by atoms with E-state index in [1.54, 1.807) is 24.4 Å². The van der Waals surface area contributed by atoms with Crippen molar-refractivity contribution in [3.05, 3.63) is 30.1 Å². The van der Waals surface area contributed by atoms with Gasteiger partial charge < -0.3 is 5.32 Å². The number of carbonyl (C=O) groups is 1. The predicted molar refractivity (Wildman–Crippen MR) is 63.3 cm³/mol. The Morgan fingerprint density at radius 3 is 2.88 bits per heavy atom. The van der Waals surface area contributed by atoms with Gasteiger partial charge in [-0.1, -0.05) is 6.07 Å². The number of hydrogen-bond acceptors (Lipinski definition) is 4. The molecule has 17 heavy (non-hydrogen) atoms. The highest BCUT2D eigenvalue weighted by molar-refractivity contribution is 7.91. The highest BCUT2D eigenvalue weighted by Crippen LogP contribution is 2.17. The molecule has 1 saturated heterocycles. The summed E-state index contributed by atoms with van der Waals surface area (Å²) >= 11 is 0. The normalized spacial score (nSPS) is 22.2. The summed E-state index contributed by atoms with van der Waals surface area (Å²) in [6.07, 6.45) is 2.18. The fraction of sp³-hybridized carbons (Fsp3) is 0.455. The monoisotopic (exact) mass is 254 g/mol. The third kappa shape index (κ3) is 3.26. The van der Waals surface area contributed by atoms with Crippen molar-refractivity contribution in [2.45, 2.75) is 6.42 Å². The minimum atomic E-state index is -2.87. The molecule has 1 aliphatic heterocycles. The maximum absolute atomic E-state index is 11.6. The molecule has 0 saturated carbocycles. The standard InChI is InChI=1S/C11H14N2O3S/c14-11(10-3-1-2-5-12-10)13-7-9-4-6-17(15,16)8-9/h1-3,5,9H,4,6-8H2,(H,13,14). The van der Waals surface area contributed by atoms with Crippen LogP contribution in [-0.2, 0) is 9.84 Å². The van der Waals surface area contributed by atoms with Crippen molar-refractivity contribution in [2.24, 2.45) is 5.92 Å². The summed E-state index contributed by atoms with van der Waals surface area (Å²) in [7, 11) is -2.87. The van der Waals surface area contributed by atoms with Gasteiger partial charge in [-0.15, -0.1) is 0 Å². The molecule has 0 aliphatic carbocycles. The van der Waals surface area contributed by atoms with Gasteiger partial charge in [-0.2, -0.15) is 0 Å². The van der Waals surface area contributed by atoms with Gasteiger partial charge in [0.15, 0.2) is 9.84 Å². The molecule has 1 N–H and O–H groups in total. The van der Waals surface area contributed by atoms with E-state index in [1.165, 1.54) is 0 Å². The van der Waals surface area contributed by atoms with Crippen LogP contribution in [0.25, 0.3) is 0 Å². The minimum absolute atomic E-state index is 0.0349. The van der Waals surface area contributed by atoms with E-state index in [0.717, 1.165) is 0 Å². The van der Waals surface area contributed by atoms with Gasteiger partial charge in [0.25, 0.3) is 5.91 Å². The van der Waals surface area contributed by atoms with Crippen LogP contribution in [0.3, 0.4) is 0 Å². The molecule has 92 valence electrons. The van der Waals surface area contributed by atoms with Crippen LogP contribution in [-0.4, -0.2) is 37.4 Å². The Balaban J connectivity index is 1.86. The molecule has 1 amide bonds. The lowest BCUT2D eigenvalue weighted by molar-refractivity contribution is 0.0943. The first-order valence-electron chi connectivity index (χ1n) is 5.46. The van der Waals surface area contributed by atoms with Crippen molar-refractivity contribution in [3.8, 4) is 0 Å². The zero-order chi connectivity index (χ0) is 12.3. The molecule has 0 bridgehead atoms. The molecule has 1 fully saturated rings. The first kappa shape index (κ1) is 12.0. The van der Waals surface area contributed by atoms with Gasteiger partial charge in [0.05, 0.1) is 11.5 Å². The molecule has 2 heterocycles. The van der Waals surface area contributed by atoms with Gasteiger partial charge in [-0.3, -0.25) is 9.78 Å². The van der Waals surface area contributed by atoms with Crippen LogP contribution in [0.4, 0.5) is 0 Å². The summed E-state index contributed by atoms with van der Waals surface area (Å²) in [5, 5.41) is 2.71. The number of carbonyl (C=O) groups excluding carboxylic acids is 1. The highest BCUT2D eigenvalue weighted by atomic mass is 32.2. The molecule has 6 heteroatoms. The second-order valence-electron chi connectivity index (χ2n) is 4.19. The summed E-state index contributed by atoms with van der Waals surface area (Å²) in [4.78, 5) is 15.6. The lowest BCUT2D eigenvalue weighted by Gasteiger charge is -2.08. The zero-order valence-electron chi connectivity index (χ0n) is 9.30. The summed E-state index contributed by atoms with van der Waals surface area (Å²) in [5.41, 5.74) is 0.355. The summed E-state index contributed by atoms with van der Waals surface area (Å²) in [6.45, 7) is 0.397. The second-order valence-corrected chi connectivity index (χ2v) is 6.42. The molecule has 0 radical (unpaired) electrons. The molecule has 1 atom stereocenters. The molecule has 1 aromatic heterocycles. The topological polar surface area (TPSA) is 76.1 Å². The average Bonchev–Trinajstić information content (AvgIpc) is 2.67. The van der Waals surface area contributed by atoms with Crippen molar-refractivity contribution in [3.63, 3.8) is 0 Å². The Kier molecular flexibility index (Phi) is 3.42. The number of nitrogens with zero attached hydrogens (tertiary/aromatic N) is 1. The smallest absolute Gasteiger partial charge is 0.269 e. The molecule has 2 rings (SSSR count). The summed E-state index contributed by atoms with van der Waals surface area (Å²) < 4.78 is 22.5. The predicted octanol–water partition coefficient (Wildman–Crippen LogP) is 0.246. The van der Waals surface area contributed by atoms with Gasteiger partial charge in [0.2, 0.25) is 0 Å². The van der Waals surface area contributed by atoms with Gasteiger partial charge in [-0.25, -0.2) is 8.42 Å². The van der Waals surface area contributed by atoms with Gasteiger partial charge in [0.1, 0.15) is 5.69 Å². The van der Waals surface area contributed by atoms with Crippen LogP contribution < -0.4 is 5.32 Å². The van der Waals surface area contributed by atoms with Crippen molar-refractivity contribution >= 4 is 15.7 Å². The van der Waals surface area contributed by atoms with Crippen LogP contribution in [0.2, 0.25) is 0 Å². The lowest BCUT2D eigenvalue weighted by atomic mass is 10.1. The van der Waals surface area contributed by atoms with E-state index in [1.807, 2.05) is 0 Å². The second kappa shape index (κ2) is 4.83. The van der Waals surface area contributed by atoms with E-state index in [2.05, 4.69) is 10.3 Å². The first-order chi connectivity index (χ1) is 8.07. The molecular formula is C11H14N2O3S. The third-order valence-corrected chi connectivity index (χ3v) is 4.61. The highest BCUT2D eigenvalue weighted by Gasteiger charge is 2.27. The molecule has 0 spiro atoms. The van der Waals surface area contributed by atoms with Crippen LogP contribution in [0.1, 0.15) is 16.9 Å². The number of amides is 1. The fourth-order valence-electron chi connectivity index (χ4n) is 1.86. The number of nitrogens with one attached hydrogen (secondary N) is 1. The first-order valence-corrected chi connectivity index (χ1v) is 7.28. The van der Waals surface area contributed by atoms with Gasteiger partial charge in [0, 0.05) is 12.7 Å². The molecule has 0 aromatic carbocycles. The van der Waals surface area contributed by atoms with E-state index in [4.69, 9.17) is 0 Å². The third-order valence-electron chi connectivity index (χ3n) is 2.78. The SMILES string of the molecule is O=C(NCC1CCS(=O)(=O)C1)c1ccccn1. The molecular weight excluding hydrogens is 240 g/mol. The summed E-state index contributed by atoms with van der Waals surface area (Å²) in [6, 6.07) is 5.10. The van der Waals surface area contributed by atoms with E-state index in [-0.39, 0.29) is 23.3 Å². The Hall–Kier alpha value is -1.43. The fourth-order valence-corrected chi connectivity index (χ4v) is 3.72. The maximum Gasteiger partial charge on any atom is 0.269 e. The molecule has 1 aromatic rings. The van der Waals surface area contributed by atoms with Crippen LogP contribution >= 0.6 is 0 Å². The van der Waals surface area contributed by atoms with E-state index >= 15 is 0 Å². The summed E-state index contributed by atoms with van der Waals surface area (Å²) in [5.74, 6) is 0.189. The van der Waals surface area contributed by atoms with Gasteiger partial charge >= 0.3 is 0 Å². The average molecular weight is 254 g/mol. The van der Waals surface area contributed by atoms with Crippen molar-refractivity contribution in [1.29, 1.82) is 0 Å². The van der Waals surface area contributed by atoms with Crippen molar-refractivity contribution < 1.29 is 13.2 Å². The van der Waals surface area contributed by atoms with Gasteiger partial charge in [-0.05, 0) is 24.5 Å². The number of sulfone groups is 1. The quantitative estimate of drug-likeness (QED) is 0.838. The van der Waals surface area contributed by atoms with E-state index < -0.39 is 9.84 Å². The van der Waals surface area contributed by atoms with Crippen LogP contribution in [0.5, 0.6) is 0 Å². The van der Waals surface area contributed by atoms with E-state index in [9.17, 15) is 13.2 Å². The van der Waals surface area contributed by atoms with Crippen LogP contribution in [0.15, 0.2) is 24.4 Å². The number of hydrogen-bond donors (Lipinski definition) is 1. The van der Waals surface area contributed by atoms with Crippen LogP contribution in [0, 0.1) is 5.92 Å². The Morgan fingerprint density at radius 2 is 2.29 bits per heavy atom. The zero-order valence-corrected chi connectivity index (χ0v) is 10.1. The Morgan fingerprint density at radius 1 is 1.47 bits per heavy atom. The molecule has 1 aliphatic rings. The molecule has 5 nitrogen and oxygen atoms in total. The maximum atomic E-state index is 11.6. The number of rotatable bonds is 3. The van der Waals surface area contributed by atoms with E-state index in [0.29, 0.717) is 18.7 Å². The minimum Gasteiger partial charge on any atom is -0.350 e. The number of aromatic nitrogens is 1. The van der Waals surface area contributed by atoms with Crippen molar-refractivity contribution in [1.82, 2.24) is 10.3 Å². The number of pyridine rings is 1. The molecule has 1 unspecified atom stereocenters. The Bertz CT molecular complexity index is 499. The van der Waals surface area contributed by atoms with Crippen molar-refractivity contribution in [2.75, 3.05) is 18.1 Å². The largest absolute Gasteiger partial charge is 0.350 e. The lowest BCUT2D eigenvalue weighted by Crippen LogP contribution is -2.30.